The Morgan fingerprint density at radius 2 is 2.08 bits per heavy atom. The Kier molecular flexibility index (Phi) is 3.39. The van der Waals surface area contributed by atoms with Crippen molar-refractivity contribution in [3.8, 4) is 11.5 Å². The zero-order valence-electron chi connectivity index (χ0n) is 13.3. The number of nitrogens with one attached hydrogen (secondary N) is 1. The first kappa shape index (κ1) is 15.0. The molecule has 3 heterocycles. The average Bonchev–Trinajstić information content (AvgIpc) is 3.27. The van der Waals surface area contributed by atoms with Crippen LogP contribution < -0.4 is 14.9 Å². The Morgan fingerprint density at radius 1 is 1.15 bits per heavy atom. The van der Waals surface area contributed by atoms with Crippen molar-refractivity contribution in [2.75, 3.05) is 12.2 Å². The largest absolute Gasteiger partial charge is 0.454 e. The SMILES string of the molecule is Clc1cc(/C=N\Nc2ncnc3c2oc2ccccc23)cc2c1OCO2. The van der Waals surface area contributed by atoms with E-state index in [1.165, 1.54) is 6.33 Å². The maximum absolute atomic E-state index is 6.17. The number of ether oxygens (including phenoxy) is 2. The number of halogens is 1. The summed E-state index contributed by atoms with van der Waals surface area (Å²) in [4.78, 5) is 8.51. The van der Waals surface area contributed by atoms with Crippen LogP contribution in [0.2, 0.25) is 5.02 Å². The summed E-state index contributed by atoms with van der Waals surface area (Å²) < 4.78 is 16.5. The highest BCUT2D eigenvalue weighted by atomic mass is 35.5. The number of furan rings is 1. The summed E-state index contributed by atoms with van der Waals surface area (Å²) in [5.41, 5.74) is 5.69. The Balaban J connectivity index is 1.47. The molecule has 7 nitrogen and oxygen atoms in total. The summed E-state index contributed by atoms with van der Waals surface area (Å²) in [6.45, 7) is 0.166. The fraction of sp³-hybridized carbons (Fsp3) is 0.0556. The summed E-state index contributed by atoms with van der Waals surface area (Å²) in [6, 6.07) is 11.2. The zero-order chi connectivity index (χ0) is 17.5. The highest BCUT2D eigenvalue weighted by Gasteiger charge is 2.18. The molecule has 128 valence electrons. The van der Waals surface area contributed by atoms with E-state index in [0.717, 1.165) is 22.0 Å². The minimum atomic E-state index is 0.166. The van der Waals surface area contributed by atoms with Gasteiger partial charge >= 0.3 is 0 Å². The van der Waals surface area contributed by atoms with Gasteiger partial charge in [-0.2, -0.15) is 5.10 Å². The van der Waals surface area contributed by atoms with Gasteiger partial charge in [-0.25, -0.2) is 9.97 Å². The molecule has 0 aliphatic carbocycles. The van der Waals surface area contributed by atoms with Crippen LogP contribution in [0.4, 0.5) is 5.82 Å². The molecule has 1 aliphatic rings. The lowest BCUT2D eigenvalue weighted by Crippen LogP contribution is -1.95. The topological polar surface area (TPSA) is 81.8 Å². The monoisotopic (exact) mass is 366 g/mol. The third-order valence-corrected chi connectivity index (χ3v) is 4.27. The number of aromatic nitrogens is 2. The van der Waals surface area contributed by atoms with Gasteiger partial charge in [-0.05, 0) is 29.8 Å². The van der Waals surface area contributed by atoms with Crippen molar-refractivity contribution in [2.45, 2.75) is 0 Å². The van der Waals surface area contributed by atoms with Crippen LogP contribution in [-0.2, 0) is 0 Å². The van der Waals surface area contributed by atoms with Gasteiger partial charge in [0.15, 0.2) is 22.9 Å². The van der Waals surface area contributed by atoms with Crippen LogP contribution in [0.15, 0.2) is 52.2 Å². The van der Waals surface area contributed by atoms with Gasteiger partial charge in [-0.1, -0.05) is 23.7 Å². The van der Waals surface area contributed by atoms with Gasteiger partial charge in [-0.15, -0.1) is 0 Å². The Bertz CT molecular complexity index is 1170. The van der Waals surface area contributed by atoms with Gasteiger partial charge in [0.2, 0.25) is 6.79 Å². The van der Waals surface area contributed by atoms with Gasteiger partial charge in [0.25, 0.3) is 0 Å². The summed E-state index contributed by atoms with van der Waals surface area (Å²) in [5.74, 6) is 1.63. The summed E-state index contributed by atoms with van der Waals surface area (Å²) in [6.07, 6.45) is 3.09. The van der Waals surface area contributed by atoms with E-state index in [1.54, 1.807) is 18.3 Å². The van der Waals surface area contributed by atoms with Crippen molar-refractivity contribution < 1.29 is 13.9 Å². The highest BCUT2D eigenvalue weighted by Crippen LogP contribution is 2.39. The maximum Gasteiger partial charge on any atom is 0.231 e. The molecule has 0 atom stereocenters. The van der Waals surface area contributed by atoms with E-state index in [2.05, 4.69) is 20.5 Å². The smallest absolute Gasteiger partial charge is 0.231 e. The number of hydrazone groups is 1. The zero-order valence-corrected chi connectivity index (χ0v) is 14.0. The fourth-order valence-electron chi connectivity index (χ4n) is 2.83. The predicted molar refractivity (Wildman–Crippen MR) is 98.1 cm³/mol. The molecule has 0 saturated heterocycles. The third kappa shape index (κ3) is 2.41. The molecule has 0 unspecified atom stereocenters. The molecule has 0 saturated carbocycles. The van der Waals surface area contributed by atoms with Crippen LogP contribution in [0.25, 0.3) is 22.1 Å². The van der Waals surface area contributed by atoms with E-state index in [0.29, 0.717) is 27.9 Å². The Morgan fingerprint density at radius 3 is 3.04 bits per heavy atom. The van der Waals surface area contributed by atoms with Crippen LogP contribution in [-0.4, -0.2) is 23.0 Å². The highest BCUT2D eigenvalue weighted by molar-refractivity contribution is 6.32. The van der Waals surface area contributed by atoms with E-state index in [9.17, 15) is 0 Å². The minimum absolute atomic E-state index is 0.166. The maximum atomic E-state index is 6.17. The quantitative estimate of drug-likeness (QED) is 0.432. The van der Waals surface area contributed by atoms with Gasteiger partial charge in [-0.3, -0.25) is 5.43 Å². The molecule has 2 aromatic heterocycles. The van der Waals surface area contributed by atoms with Crippen molar-refractivity contribution in [1.82, 2.24) is 9.97 Å². The van der Waals surface area contributed by atoms with E-state index in [-0.39, 0.29) is 6.79 Å². The molecule has 8 heteroatoms. The van der Waals surface area contributed by atoms with Gasteiger partial charge in [0, 0.05) is 5.39 Å². The number of para-hydroxylation sites is 1. The molecule has 1 aliphatic heterocycles. The molecule has 0 bridgehead atoms. The molecular formula is C18H11ClN4O3. The standard InChI is InChI=1S/C18H11ClN4O3/c19-12-5-10(6-14-16(12)25-9-24-14)7-22-23-18-17-15(20-8-21-18)11-3-1-2-4-13(11)26-17/h1-8H,9H2,(H,20,21,23)/b22-7-. The second-order valence-electron chi connectivity index (χ2n) is 5.60. The molecule has 2 aromatic carbocycles. The Labute approximate surface area is 152 Å². The van der Waals surface area contributed by atoms with Crippen molar-refractivity contribution in [3.05, 3.63) is 53.3 Å². The predicted octanol–water partition coefficient (Wildman–Crippen LogP) is 4.20. The molecule has 0 spiro atoms. The molecule has 26 heavy (non-hydrogen) atoms. The third-order valence-electron chi connectivity index (χ3n) is 3.99. The summed E-state index contributed by atoms with van der Waals surface area (Å²) in [5, 5.41) is 5.62. The fourth-order valence-corrected chi connectivity index (χ4v) is 3.11. The summed E-state index contributed by atoms with van der Waals surface area (Å²) >= 11 is 6.17. The van der Waals surface area contributed by atoms with Crippen molar-refractivity contribution in [3.63, 3.8) is 0 Å². The van der Waals surface area contributed by atoms with Crippen molar-refractivity contribution in [2.24, 2.45) is 5.10 Å². The van der Waals surface area contributed by atoms with E-state index in [4.69, 9.17) is 25.5 Å². The van der Waals surface area contributed by atoms with Crippen molar-refractivity contribution >= 4 is 45.7 Å². The second kappa shape index (κ2) is 5.89. The first-order chi connectivity index (χ1) is 12.8. The summed E-state index contributed by atoms with van der Waals surface area (Å²) in [7, 11) is 0. The lowest BCUT2D eigenvalue weighted by Gasteiger charge is -2.01. The number of hydrogen-bond acceptors (Lipinski definition) is 7. The number of benzene rings is 2. The first-order valence-electron chi connectivity index (χ1n) is 7.80. The van der Waals surface area contributed by atoms with Crippen LogP contribution in [0.3, 0.4) is 0 Å². The normalized spacial score (nSPS) is 13.1. The minimum Gasteiger partial charge on any atom is -0.454 e. The van der Waals surface area contributed by atoms with Crippen LogP contribution >= 0.6 is 11.6 Å². The number of rotatable bonds is 3. The molecule has 5 rings (SSSR count). The van der Waals surface area contributed by atoms with E-state index < -0.39 is 0 Å². The number of nitrogens with zero attached hydrogens (tertiary/aromatic N) is 3. The van der Waals surface area contributed by atoms with Gasteiger partial charge in [0.05, 0.1) is 11.2 Å². The van der Waals surface area contributed by atoms with Gasteiger partial charge in [0.1, 0.15) is 17.4 Å². The van der Waals surface area contributed by atoms with Crippen LogP contribution in [0.1, 0.15) is 5.56 Å². The van der Waals surface area contributed by atoms with Gasteiger partial charge < -0.3 is 13.9 Å². The molecular weight excluding hydrogens is 356 g/mol. The number of hydrogen-bond donors (Lipinski definition) is 1. The molecule has 4 aromatic rings. The number of anilines is 1. The van der Waals surface area contributed by atoms with Crippen LogP contribution in [0, 0.1) is 0 Å². The second-order valence-corrected chi connectivity index (χ2v) is 6.01. The Hall–Kier alpha value is -3.32. The number of fused-ring (bicyclic) bond motifs is 4. The molecule has 0 amide bonds. The molecule has 0 fully saturated rings. The van der Waals surface area contributed by atoms with E-state index in [1.807, 2.05) is 24.3 Å². The van der Waals surface area contributed by atoms with Crippen LogP contribution in [0.5, 0.6) is 11.5 Å². The lowest BCUT2D eigenvalue weighted by molar-refractivity contribution is 0.174. The van der Waals surface area contributed by atoms with Crippen molar-refractivity contribution in [1.29, 1.82) is 0 Å². The average molecular weight is 367 g/mol. The molecule has 1 N–H and O–H groups in total. The lowest BCUT2D eigenvalue weighted by atomic mass is 10.2. The van der Waals surface area contributed by atoms with E-state index >= 15 is 0 Å². The molecule has 0 radical (unpaired) electrons. The first-order valence-corrected chi connectivity index (χ1v) is 8.18.